The summed E-state index contributed by atoms with van der Waals surface area (Å²) in [5.41, 5.74) is 0.832. The van der Waals surface area contributed by atoms with Gasteiger partial charge in [0.25, 0.3) is 5.91 Å². The Kier molecular flexibility index (Phi) is 6.25. The molecule has 5 nitrogen and oxygen atoms in total. The number of amides is 2. The largest absolute Gasteiger partial charge is 0.435 e. The van der Waals surface area contributed by atoms with Crippen molar-refractivity contribution in [1.29, 1.82) is 0 Å². The van der Waals surface area contributed by atoms with Crippen molar-refractivity contribution in [3.8, 4) is 5.75 Å². The summed E-state index contributed by atoms with van der Waals surface area (Å²) in [7, 11) is 0. The van der Waals surface area contributed by atoms with Crippen LogP contribution in [0, 0.1) is 0 Å². The van der Waals surface area contributed by atoms with E-state index in [1.54, 1.807) is 24.3 Å². The van der Waals surface area contributed by atoms with Crippen LogP contribution in [0.2, 0.25) is 0 Å². The standard InChI is InChI=1S/C16H13BrF2N2O3/c17-11-3-1-10(2-4-11)15(23)20-9-14(22)21-12-5-7-13(8-6-12)24-16(18)19/h1-8,16H,9H2,(H,20,23)(H,21,22). The molecule has 0 unspecified atom stereocenters. The second-order valence-electron chi connectivity index (χ2n) is 4.64. The quantitative estimate of drug-likeness (QED) is 0.783. The van der Waals surface area contributed by atoms with Gasteiger partial charge in [0.1, 0.15) is 5.75 Å². The van der Waals surface area contributed by atoms with Gasteiger partial charge >= 0.3 is 6.61 Å². The highest BCUT2D eigenvalue weighted by atomic mass is 79.9. The summed E-state index contributed by atoms with van der Waals surface area (Å²) in [4.78, 5) is 23.6. The molecule has 2 amide bonds. The van der Waals surface area contributed by atoms with E-state index in [1.165, 1.54) is 24.3 Å². The number of anilines is 1. The molecule has 2 N–H and O–H groups in total. The normalized spacial score (nSPS) is 10.3. The Balaban J connectivity index is 1.82. The number of nitrogens with one attached hydrogen (secondary N) is 2. The number of carbonyl (C=O) groups is 2. The molecule has 126 valence electrons. The molecule has 2 aromatic carbocycles. The lowest BCUT2D eigenvalue weighted by Crippen LogP contribution is -2.32. The van der Waals surface area contributed by atoms with Crippen LogP contribution in [0.15, 0.2) is 53.0 Å². The van der Waals surface area contributed by atoms with E-state index in [4.69, 9.17) is 0 Å². The molecular formula is C16H13BrF2N2O3. The number of ether oxygens (including phenoxy) is 1. The van der Waals surface area contributed by atoms with Crippen molar-refractivity contribution in [2.75, 3.05) is 11.9 Å². The van der Waals surface area contributed by atoms with Gasteiger partial charge in [0.2, 0.25) is 5.91 Å². The smallest absolute Gasteiger partial charge is 0.387 e. The zero-order chi connectivity index (χ0) is 17.5. The van der Waals surface area contributed by atoms with Gasteiger partial charge in [-0.05, 0) is 48.5 Å². The summed E-state index contributed by atoms with van der Waals surface area (Å²) in [6.07, 6.45) is 0. The first-order valence-electron chi connectivity index (χ1n) is 6.82. The third-order valence-corrected chi connectivity index (χ3v) is 3.41. The molecule has 0 saturated carbocycles. The highest BCUT2D eigenvalue weighted by Gasteiger charge is 2.09. The van der Waals surface area contributed by atoms with Crippen molar-refractivity contribution in [2.45, 2.75) is 6.61 Å². The Bertz CT molecular complexity index is 706. The highest BCUT2D eigenvalue weighted by molar-refractivity contribution is 9.10. The van der Waals surface area contributed by atoms with Crippen LogP contribution >= 0.6 is 15.9 Å². The zero-order valence-corrected chi connectivity index (χ0v) is 13.8. The van der Waals surface area contributed by atoms with Crippen LogP contribution in [0.25, 0.3) is 0 Å². The van der Waals surface area contributed by atoms with Gasteiger partial charge in [-0.25, -0.2) is 0 Å². The average Bonchev–Trinajstić information content (AvgIpc) is 2.54. The van der Waals surface area contributed by atoms with Gasteiger partial charge in [0.15, 0.2) is 0 Å². The number of hydrogen-bond acceptors (Lipinski definition) is 3. The van der Waals surface area contributed by atoms with E-state index in [1.807, 2.05) is 0 Å². The Hall–Kier alpha value is -2.48. The zero-order valence-electron chi connectivity index (χ0n) is 12.3. The summed E-state index contributed by atoms with van der Waals surface area (Å²) in [5, 5.41) is 5.02. The van der Waals surface area contributed by atoms with Crippen LogP contribution in [-0.2, 0) is 4.79 Å². The summed E-state index contributed by atoms with van der Waals surface area (Å²) >= 11 is 3.27. The van der Waals surface area contributed by atoms with Gasteiger partial charge in [-0.15, -0.1) is 0 Å². The molecule has 8 heteroatoms. The Morgan fingerprint density at radius 3 is 2.25 bits per heavy atom. The van der Waals surface area contributed by atoms with E-state index in [9.17, 15) is 18.4 Å². The van der Waals surface area contributed by atoms with Crippen LogP contribution in [0.1, 0.15) is 10.4 Å². The summed E-state index contributed by atoms with van der Waals surface area (Å²) in [6, 6.07) is 12.1. The highest BCUT2D eigenvalue weighted by Crippen LogP contribution is 2.17. The molecule has 0 bridgehead atoms. The molecule has 0 saturated heterocycles. The summed E-state index contributed by atoms with van der Waals surface area (Å²) in [5.74, 6) is -0.826. The molecule has 0 aliphatic carbocycles. The number of carbonyl (C=O) groups excluding carboxylic acids is 2. The number of hydrogen-bond donors (Lipinski definition) is 2. The monoisotopic (exact) mass is 398 g/mol. The molecule has 0 aliphatic rings. The van der Waals surface area contributed by atoms with E-state index in [0.717, 1.165) is 4.47 Å². The number of rotatable bonds is 6. The maximum atomic E-state index is 12.0. The van der Waals surface area contributed by atoms with Crippen LogP contribution < -0.4 is 15.4 Å². The lowest BCUT2D eigenvalue weighted by atomic mass is 10.2. The lowest BCUT2D eigenvalue weighted by molar-refractivity contribution is -0.115. The Morgan fingerprint density at radius 2 is 1.67 bits per heavy atom. The van der Waals surface area contributed by atoms with Crippen LogP contribution in [0.4, 0.5) is 14.5 Å². The maximum absolute atomic E-state index is 12.0. The summed E-state index contributed by atoms with van der Waals surface area (Å²) < 4.78 is 29.1. The molecule has 0 spiro atoms. The Labute approximate surface area is 145 Å². The lowest BCUT2D eigenvalue weighted by Gasteiger charge is -2.08. The summed E-state index contributed by atoms with van der Waals surface area (Å²) in [6.45, 7) is -3.12. The second-order valence-corrected chi connectivity index (χ2v) is 5.56. The average molecular weight is 399 g/mol. The van der Waals surface area contributed by atoms with Gasteiger partial charge in [-0.2, -0.15) is 8.78 Å². The molecule has 0 aliphatic heterocycles. The second kappa shape index (κ2) is 8.39. The molecule has 2 aromatic rings. The van der Waals surface area contributed by atoms with Gasteiger partial charge in [-0.1, -0.05) is 15.9 Å². The van der Waals surface area contributed by atoms with E-state index >= 15 is 0 Å². The Morgan fingerprint density at radius 1 is 1.04 bits per heavy atom. The molecule has 0 heterocycles. The van der Waals surface area contributed by atoms with E-state index in [-0.39, 0.29) is 18.2 Å². The molecule has 0 aromatic heterocycles. The van der Waals surface area contributed by atoms with Crippen molar-refractivity contribution < 1.29 is 23.1 Å². The fourth-order valence-electron chi connectivity index (χ4n) is 1.79. The SMILES string of the molecule is O=C(CNC(=O)c1ccc(Br)cc1)Nc1ccc(OC(F)F)cc1. The number of benzene rings is 2. The first kappa shape index (κ1) is 17.9. The van der Waals surface area contributed by atoms with E-state index in [2.05, 4.69) is 31.3 Å². The van der Waals surface area contributed by atoms with Crippen LogP contribution in [0.5, 0.6) is 5.75 Å². The minimum atomic E-state index is -2.90. The van der Waals surface area contributed by atoms with Crippen molar-refractivity contribution in [1.82, 2.24) is 5.32 Å². The molecule has 0 fully saturated rings. The minimum Gasteiger partial charge on any atom is -0.435 e. The molecule has 2 rings (SSSR count). The van der Waals surface area contributed by atoms with Gasteiger partial charge in [0, 0.05) is 15.7 Å². The van der Waals surface area contributed by atoms with Crippen molar-refractivity contribution in [2.24, 2.45) is 0 Å². The molecular weight excluding hydrogens is 386 g/mol. The predicted molar refractivity (Wildman–Crippen MR) is 88.2 cm³/mol. The van der Waals surface area contributed by atoms with Crippen LogP contribution in [-0.4, -0.2) is 25.0 Å². The molecule has 0 radical (unpaired) electrons. The fourth-order valence-corrected chi connectivity index (χ4v) is 2.05. The van der Waals surface area contributed by atoms with Crippen LogP contribution in [0.3, 0.4) is 0 Å². The fraction of sp³-hybridized carbons (Fsp3) is 0.125. The molecule has 0 atom stereocenters. The van der Waals surface area contributed by atoms with Gasteiger partial charge in [-0.3, -0.25) is 9.59 Å². The maximum Gasteiger partial charge on any atom is 0.387 e. The topological polar surface area (TPSA) is 67.4 Å². The van der Waals surface area contributed by atoms with Crippen molar-refractivity contribution >= 4 is 33.4 Å². The number of halogens is 3. The van der Waals surface area contributed by atoms with Gasteiger partial charge in [0.05, 0.1) is 6.54 Å². The first-order valence-corrected chi connectivity index (χ1v) is 7.62. The predicted octanol–water partition coefficient (Wildman–Crippen LogP) is 3.42. The number of alkyl halides is 2. The van der Waals surface area contributed by atoms with Crippen molar-refractivity contribution in [3.63, 3.8) is 0 Å². The first-order chi connectivity index (χ1) is 11.4. The third-order valence-electron chi connectivity index (χ3n) is 2.88. The van der Waals surface area contributed by atoms with E-state index < -0.39 is 12.5 Å². The van der Waals surface area contributed by atoms with Crippen molar-refractivity contribution in [3.05, 3.63) is 58.6 Å². The minimum absolute atomic E-state index is 0.00783. The van der Waals surface area contributed by atoms with E-state index in [0.29, 0.717) is 11.3 Å². The van der Waals surface area contributed by atoms with Gasteiger partial charge < -0.3 is 15.4 Å². The third kappa shape index (κ3) is 5.62. The molecule has 24 heavy (non-hydrogen) atoms.